The van der Waals surface area contributed by atoms with Crippen molar-refractivity contribution in [1.82, 2.24) is 9.97 Å². The Hall–Kier alpha value is -4.72. The highest BCUT2D eigenvalue weighted by Gasteiger charge is 2.66. The van der Waals surface area contributed by atoms with E-state index in [2.05, 4.69) is 29.1 Å². The molecule has 2 aromatic heterocycles. The average Bonchev–Trinajstić information content (AvgIpc) is 3.52. The number of rotatable bonds is 9. The van der Waals surface area contributed by atoms with Crippen molar-refractivity contribution in [1.29, 1.82) is 0 Å². The monoisotopic (exact) mass is 737 g/mol. The fraction of sp³-hybridized carbons (Fsp3) is 0.425. The van der Waals surface area contributed by atoms with E-state index in [1.54, 1.807) is 12.1 Å². The Morgan fingerprint density at radius 2 is 1.75 bits per heavy atom. The van der Waals surface area contributed by atoms with Gasteiger partial charge in [-0.3, -0.25) is 19.9 Å². The van der Waals surface area contributed by atoms with Crippen LogP contribution in [0, 0.1) is 22.1 Å². The van der Waals surface area contributed by atoms with Gasteiger partial charge < -0.3 is 15.7 Å². The number of nitrogens with two attached hydrogens (primary N) is 2. The van der Waals surface area contributed by atoms with E-state index in [1.165, 1.54) is 29.7 Å². The number of thiazole rings is 1. The summed E-state index contributed by atoms with van der Waals surface area (Å²) in [6.07, 6.45) is 7.72. The molecule has 0 radical (unpaired) electrons. The number of fused-ring (bicyclic) bond motifs is 2. The lowest BCUT2D eigenvalue weighted by atomic mass is 9.39. The summed E-state index contributed by atoms with van der Waals surface area (Å²) in [5.41, 5.74) is 9.44. The maximum atomic E-state index is 15.1. The standard InChI is InChI=1S/C40H44FN7O4S/c1-23(44-22-39-17-37(2)16-38(3,18-39)20-40(19-37,21-39)52-43)27(14-42)25-9-11-32(46-33(25)35(50)51)48-13-12-24-28(15-48)26(8-10-29(24)41)34(49)47-36-45-30-6-4-5-7-31(30)53-36/h4-11,14H,12-13,15-22,42-43H2,1-3H3,(H,50,51)(H,45,47,49). The van der Waals surface area contributed by atoms with Gasteiger partial charge in [0.15, 0.2) is 10.8 Å². The Labute approximate surface area is 311 Å². The zero-order chi connectivity index (χ0) is 37.3. The van der Waals surface area contributed by atoms with Gasteiger partial charge in [0.05, 0.1) is 15.8 Å². The van der Waals surface area contributed by atoms with Crippen LogP contribution >= 0.6 is 11.3 Å². The molecule has 6 N–H and O–H groups in total. The molecule has 276 valence electrons. The van der Waals surface area contributed by atoms with Gasteiger partial charge in [-0.05, 0) is 116 Å². The molecule has 4 saturated carbocycles. The smallest absolute Gasteiger partial charge is 0.355 e. The van der Waals surface area contributed by atoms with Crippen molar-refractivity contribution in [2.75, 3.05) is 23.3 Å². The number of aromatic carboxylic acids is 1. The maximum Gasteiger partial charge on any atom is 0.355 e. The average molecular weight is 738 g/mol. The van der Waals surface area contributed by atoms with Crippen LogP contribution in [0.25, 0.3) is 15.8 Å². The Morgan fingerprint density at radius 1 is 1.02 bits per heavy atom. The van der Waals surface area contributed by atoms with E-state index < -0.39 is 11.9 Å². The number of hydrogen-bond donors (Lipinski definition) is 4. The van der Waals surface area contributed by atoms with E-state index in [0.29, 0.717) is 64.0 Å². The van der Waals surface area contributed by atoms with E-state index in [4.69, 9.17) is 21.5 Å². The Morgan fingerprint density at radius 3 is 2.45 bits per heavy atom. The van der Waals surface area contributed by atoms with Crippen LogP contribution in [0.5, 0.6) is 0 Å². The molecule has 3 heterocycles. The number of carbonyl (C=O) groups is 2. The number of amides is 1. The molecule has 4 fully saturated rings. The van der Waals surface area contributed by atoms with Crippen LogP contribution in [0.1, 0.15) is 96.8 Å². The second-order valence-corrected chi connectivity index (χ2v) is 17.5. The number of anilines is 2. The third-order valence-corrected chi connectivity index (χ3v) is 12.9. The zero-order valence-corrected chi connectivity index (χ0v) is 31.0. The first-order chi connectivity index (χ1) is 25.2. The van der Waals surface area contributed by atoms with E-state index in [0.717, 1.165) is 48.7 Å². The van der Waals surface area contributed by atoms with Gasteiger partial charge >= 0.3 is 5.97 Å². The number of carboxylic acids is 1. The van der Waals surface area contributed by atoms with Crippen molar-refractivity contribution >= 4 is 55.7 Å². The Balaban J connectivity index is 1.04. The van der Waals surface area contributed by atoms with Crippen molar-refractivity contribution in [2.45, 2.75) is 77.9 Å². The number of hydrogen-bond acceptors (Lipinski definition) is 10. The molecule has 2 aromatic carbocycles. The summed E-state index contributed by atoms with van der Waals surface area (Å²) in [4.78, 5) is 48.1. The number of aliphatic imine (C=N–C) groups is 1. The number of halogens is 1. The van der Waals surface area contributed by atoms with E-state index in [9.17, 15) is 14.7 Å². The van der Waals surface area contributed by atoms with Gasteiger partial charge in [-0.1, -0.05) is 37.3 Å². The predicted octanol–water partition coefficient (Wildman–Crippen LogP) is 7.11. The van der Waals surface area contributed by atoms with E-state index in [-0.39, 0.29) is 39.9 Å². The fourth-order valence-corrected chi connectivity index (χ4v) is 11.9. The van der Waals surface area contributed by atoms with Crippen LogP contribution in [0.4, 0.5) is 15.3 Å². The number of benzene rings is 2. The van der Waals surface area contributed by atoms with Crippen LogP contribution in [-0.2, 0) is 17.8 Å². The number of aromatic nitrogens is 2. The maximum absolute atomic E-state index is 15.1. The van der Waals surface area contributed by atoms with Crippen molar-refractivity contribution in [2.24, 2.45) is 32.9 Å². The number of allylic oxidation sites excluding steroid dienone is 1. The summed E-state index contributed by atoms with van der Waals surface area (Å²) >= 11 is 1.36. The molecule has 1 amide bonds. The molecule has 0 saturated heterocycles. The zero-order valence-electron chi connectivity index (χ0n) is 30.2. The molecular formula is C40H44FN7O4S. The highest BCUT2D eigenvalue weighted by Crippen LogP contribution is 2.71. The molecular weight excluding hydrogens is 694 g/mol. The summed E-state index contributed by atoms with van der Waals surface area (Å²) in [7, 11) is 0. The lowest BCUT2D eigenvalue weighted by Gasteiger charge is -2.68. The van der Waals surface area contributed by atoms with Gasteiger partial charge in [-0.15, -0.1) is 0 Å². The lowest BCUT2D eigenvalue weighted by Crippen LogP contribution is -2.64. The van der Waals surface area contributed by atoms with E-state index in [1.807, 2.05) is 36.1 Å². The second kappa shape index (κ2) is 12.7. The fourth-order valence-electron chi connectivity index (χ4n) is 11.0. The summed E-state index contributed by atoms with van der Waals surface area (Å²) in [5.74, 6) is 4.34. The number of carboxylic acid groups (broad SMARTS) is 1. The number of para-hydroxylation sites is 1. The normalized spacial score (nSPS) is 28.0. The molecule has 4 aliphatic carbocycles. The summed E-state index contributed by atoms with van der Waals surface area (Å²) in [6, 6.07) is 13.8. The Kier molecular flexibility index (Phi) is 8.47. The molecule has 5 aliphatic rings. The van der Waals surface area contributed by atoms with Crippen LogP contribution in [0.15, 0.2) is 59.7 Å². The van der Waals surface area contributed by atoms with Gasteiger partial charge in [0.25, 0.3) is 5.91 Å². The minimum absolute atomic E-state index is 0.0650. The van der Waals surface area contributed by atoms with Crippen molar-refractivity contribution in [3.8, 4) is 0 Å². The molecule has 1 aliphatic heterocycles. The summed E-state index contributed by atoms with van der Waals surface area (Å²) in [6.45, 7) is 7.65. The molecule has 4 bridgehead atoms. The van der Waals surface area contributed by atoms with Crippen LogP contribution in [0.2, 0.25) is 0 Å². The molecule has 13 heteroatoms. The first-order valence-corrected chi connectivity index (χ1v) is 18.8. The minimum Gasteiger partial charge on any atom is -0.476 e. The summed E-state index contributed by atoms with van der Waals surface area (Å²) < 4.78 is 16.0. The molecule has 11 nitrogen and oxygen atoms in total. The number of nitrogens with one attached hydrogen (secondary N) is 1. The minimum atomic E-state index is -1.21. The first-order valence-electron chi connectivity index (χ1n) is 18.0. The van der Waals surface area contributed by atoms with Gasteiger partial charge in [-0.2, -0.15) is 0 Å². The van der Waals surface area contributed by atoms with Crippen molar-refractivity contribution in [3.05, 3.63) is 88.5 Å². The SMILES string of the molecule is CC(=NCC12CC3(C)CC(C)(C1)CC(ON)(C3)C2)C(=CN)c1ccc(N2CCc3c(F)ccc(C(=O)Nc4nc5ccccc5s4)c3C2)nc1C(=O)O. The highest BCUT2D eigenvalue weighted by molar-refractivity contribution is 7.22. The van der Waals surface area contributed by atoms with Gasteiger partial charge in [0.1, 0.15) is 11.6 Å². The molecule has 53 heavy (non-hydrogen) atoms. The third kappa shape index (κ3) is 6.28. The topological polar surface area (TPSA) is 169 Å². The highest BCUT2D eigenvalue weighted by atomic mass is 32.1. The van der Waals surface area contributed by atoms with Gasteiger partial charge in [0, 0.05) is 48.2 Å². The molecule has 9 rings (SSSR count). The van der Waals surface area contributed by atoms with Crippen LogP contribution < -0.4 is 21.8 Å². The number of nitrogens with zero attached hydrogens (tertiary/aromatic N) is 4. The quantitative estimate of drug-likeness (QED) is 0.103. The van der Waals surface area contributed by atoms with E-state index >= 15 is 4.39 Å². The number of pyridine rings is 1. The molecule has 2 unspecified atom stereocenters. The number of carbonyl (C=O) groups excluding carboxylic acids is 1. The molecule has 4 aromatic rings. The third-order valence-electron chi connectivity index (χ3n) is 11.9. The predicted molar refractivity (Wildman–Crippen MR) is 204 cm³/mol. The lowest BCUT2D eigenvalue weighted by molar-refractivity contribution is -0.244. The largest absolute Gasteiger partial charge is 0.476 e. The molecule has 2 atom stereocenters. The summed E-state index contributed by atoms with van der Waals surface area (Å²) in [5, 5.41) is 13.7. The first kappa shape index (κ1) is 35.3. The van der Waals surface area contributed by atoms with Crippen LogP contribution in [-0.4, -0.2) is 51.4 Å². The van der Waals surface area contributed by atoms with Crippen LogP contribution in [0.3, 0.4) is 0 Å². The second-order valence-electron chi connectivity index (χ2n) is 16.5. The van der Waals surface area contributed by atoms with Crippen molar-refractivity contribution in [3.63, 3.8) is 0 Å². The Bertz CT molecular complexity index is 2180. The molecule has 0 spiro atoms. The van der Waals surface area contributed by atoms with Gasteiger partial charge in [0.2, 0.25) is 0 Å². The van der Waals surface area contributed by atoms with Gasteiger partial charge in [-0.25, -0.2) is 25.0 Å². The van der Waals surface area contributed by atoms with Crippen molar-refractivity contribution < 1.29 is 23.9 Å².